The number of aromatic nitrogens is 1. The van der Waals surface area contributed by atoms with Crippen LogP contribution in [0.2, 0.25) is 0 Å². The van der Waals surface area contributed by atoms with Crippen LogP contribution in [0.25, 0.3) is 0 Å². The number of carbonyl (C=O) groups is 2. The number of nitrogens with zero attached hydrogens (tertiary/aromatic N) is 2. The van der Waals surface area contributed by atoms with Gasteiger partial charge in [0.15, 0.2) is 5.69 Å². The van der Waals surface area contributed by atoms with Crippen LogP contribution in [0, 0.1) is 5.92 Å². The standard InChI is InChI=1S/C14H21N3O5S2/c1-2-24(21,22)17-7-3-4-10(8-17)13(18)15-6-5-12-16-11(9-23-12)14(19)20/h9-10H,2-8H2,1H3,(H,15,18)(H,19,20). The number of rotatable bonds is 7. The molecule has 24 heavy (non-hydrogen) atoms. The Balaban J connectivity index is 1.82. The van der Waals surface area contributed by atoms with Crippen LogP contribution in [0.3, 0.4) is 0 Å². The van der Waals surface area contributed by atoms with Gasteiger partial charge in [0, 0.05) is 31.4 Å². The van der Waals surface area contributed by atoms with Gasteiger partial charge in [-0.15, -0.1) is 11.3 Å². The summed E-state index contributed by atoms with van der Waals surface area (Å²) in [6.07, 6.45) is 1.79. The van der Waals surface area contributed by atoms with Crippen molar-refractivity contribution in [3.05, 3.63) is 16.1 Å². The van der Waals surface area contributed by atoms with E-state index in [4.69, 9.17) is 5.11 Å². The molecule has 0 aromatic carbocycles. The zero-order chi connectivity index (χ0) is 17.7. The fourth-order valence-corrected chi connectivity index (χ4v) is 4.50. The maximum absolute atomic E-state index is 12.2. The summed E-state index contributed by atoms with van der Waals surface area (Å²) in [4.78, 5) is 26.9. The maximum Gasteiger partial charge on any atom is 0.355 e. The van der Waals surface area contributed by atoms with Gasteiger partial charge in [-0.2, -0.15) is 0 Å². The highest BCUT2D eigenvalue weighted by Gasteiger charge is 2.31. The number of hydrogen-bond acceptors (Lipinski definition) is 6. The van der Waals surface area contributed by atoms with E-state index in [2.05, 4.69) is 10.3 Å². The van der Waals surface area contributed by atoms with Gasteiger partial charge in [0.25, 0.3) is 0 Å². The Bertz CT molecular complexity index is 701. The summed E-state index contributed by atoms with van der Waals surface area (Å²) in [5.74, 6) is -1.54. The minimum atomic E-state index is -3.27. The molecule has 10 heteroatoms. The van der Waals surface area contributed by atoms with E-state index in [0.29, 0.717) is 37.4 Å². The van der Waals surface area contributed by atoms with Gasteiger partial charge in [-0.1, -0.05) is 0 Å². The second-order valence-electron chi connectivity index (χ2n) is 5.57. The molecular formula is C14H21N3O5S2. The highest BCUT2D eigenvalue weighted by atomic mass is 32.2. The lowest BCUT2D eigenvalue weighted by molar-refractivity contribution is -0.126. The summed E-state index contributed by atoms with van der Waals surface area (Å²) in [6, 6.07) is 0. The number of sulfonamides is 1. The summed E-state index contributed by atoms with van der Waals surface area (Å²) in [7, 11) is -3.27. The number of carbonyl (C=O) groups excluding carboxylic acids is 1. The molecule has 1 fully saturated rings. The molecule has 2 rings (SSSR count). The van der Waals surface area contributed by atoms with Crippen LogP contribution in [0.1, 0.15) is 35.3 Å². The van der Waals surface area contributed by atoms with Crippen molar-refractivity contribution >= 4 is 33.2 Å². The molecule has 0 saturated carbocycles. The van der Waals surface area contributed by atoms with Crippen molar-refractivity contribution in [2.75, 3.05) is 25.4 Å². The molecule has 1 atom stereocenters. The number of hydrogen-bond donors (Lipinski definition) is 2. The number of amides is 1. The minimum Gasteiger partial charge on any atom is -0.476 e. The Hall–Kier alpha value is -1.52. The highest BCUT2D eigenvalue weighted by Crippen LogP contribution is 2.19. The number of piperidine rings is 1. The van der Waals surface area contributed by atoms with E-state index >= 15 is 0 Å². The smallest absolute Gasteiger partial charge is 0.355 e. The number of thiazole rings is 1. The van der Waals surface area contributed by atoms with Gasteiger partial charge in [0.1, 0.15) is 0 Å². The van der Waals surface area contributed by atoms with Gasteiger partial charge in [-0.05, 0) is 19.8 Å². The van der Waals surface area contributed by atoms with Gasteiger partial charge >= 0.3 is 5.97 Å². The lowest BCUT2D eigenvalue weighted by atomic mass is 9.99. The second kappa shape index (κ2) is 8.04. The summed E-state index contributed by atoms with van der Waals surface area (Å²) >= 11 is 1.24. The predicted octanol–water partition coefficient (Wildman–Crippen LogP) is 0.562. The summed E-state index contributed by atoms with van der Waals surface area (Å²) < 4.78 is 25.2. The molecule has 134 valence electrons. The van der Waals surface area contributed by atoms with E-state index in [1.807, 2.05) is 0 Å². The zero-order valence-electron chi connectivity index (χ0n) is 13.4. The molecule has 1 aromatic rings. The molecule has 1 amide bonds. The number of carboxylic acids is 1. The lowest BCUT2D eigenvalue weighted by Gasteiger charge is -2.30. The highest BCUT2D eigenvalue weighted by molar-refractivity contribution is 7.89. The van der Waals surface area contributed by atoms with E-state index < -0.39 is 16.0 Å². The Morgan fingerprint density at radius 3 is 2.88 bits per heavy atom. The fourth-order valence-electron chi connectivity index (χ4n) is 2.55. The number of nitrogens with one attached hydrogen (secondary N) is 1. The molecule has 8 nitrogen and oxygen atoms in total. The summed E-state index contributed by atoms with van der Waals surface area (Å²) in [5.41, 5.74) is 0.00835. The molecule has 0 aliphatic carbocycles. The number of aromatic carboxylic acids is 1. The SMILES string of the molecule is CCS(=O)(=O)N1CCCC(C(=O)NCCc2nc(C(=O)O)cs2)C1. The Kier molecular flexibility index (Phi) is 6.30. The first-order chi connectivity index (χ1) is 11.3. The quantitative estimate of drug-likeness (QED) is 0.719. The molecule has 0 spiro atoms. The van der Waals surface area contributed by atoms with Crippen molar-refractivity contribution in [2.45, 2.75) is 26.2 Å². The summed E-state index contributed by atoms with van der Waals surface area (Å²) in [5, 5.41) is 13.7. The third-order valence-corrected chi connectivity index (χ3v) is 6.68. The third kappa shape index (κ3) is 4.74. The van der Waals surface area contributed by atoms with Crippen molar-refractivity contribution in [2.24, 2.45) is 5.92 Å². The van der Waals surface area contributed by atoms with Crippen LogP contribution >= 0.6 is 11.3 Å². The predicted molar refractivity (Wildman–Crippen MR) is 89.5 cm³/mol. The van der Waals surface area contributed by atoms with Gasteiger partial charge < -0.3 is 10.4 Å². The Morgan fingerprint density at radius 2 is 2.25 bits per heavy atom. The molecular weight excluding hydrogens is 354 g/mol. The number of carboxylic acid groups (broad SMARTS) is 1. The van der Waals surface area contributed by atoms with Crippen LogP contribution < -0.4 is 5.32 Å². The first-order valence-corrected chi connectivity index (χ1v) is 10.3. The Labute approximate surface area is 144 Å². The fraction of sp³-hybridized carbons (Fsp3) is 0.643. The monoisotopic (exact) mass is 375 g/mol. The average Bonchev–Trinajstić information content (AvgIpc) is 3.04. The summed E-state index contributed by atoms with van der Waals surface area (Å²) in [6.45, 7) is 2.64. The van der Waals surface area contributed by atoms with Crippen molar-refractivity contribution in [1.29, 1.82) is 0 Å². The molecule has 1 aromatic heterocycles. The van der Waals surface area contributed by atoms with Crippen LogP contribution in [-0.2, 0) is 21.2 Å². The molecule has 2 heterocycles. The molecule has 1 unspecified atom stereocenters. The molecule has 1 aliphatic rings. The van der Waals surface area contributed by atoms with Gasteiger partial charge in [-0.3, -0.25) is 4.79 Å². The van der Waals surface area contributed by atoms with Crippen LogP contribution in [0.5, 0.6) is 0 Å². The van der Waals surface area contributed by atoms with Crippen molar-refractivity contribution in [3.8, 4) is 0 Å². The van der Waals surface area contributed by atoms with E-state index in [1.54, 1.807) is 6.92 Å². The van der Waals surface area contributed by atoms with E-state index in [1.165, 1.54) is 21.0 Å². The van der Waals surface area contributed by atoms with Gasteiger partial charge in [-0.25, -0.2) is 22.5 Å². The van der Waals surface area contributed by atoms with E-state index in [0.717, 1.165) is 0 Å². The van der Waals surface area contributed by atoms with E-state index in [9.17, 15) is 18.0 Å². The molecule has 0 radical (unpaired) electrons. The first-order valence-electron chi connectivity index (χ1n) is 7.76. The van der Waals surface area contributed by atoms with Gasteiger partial charge in [0.05, 0.1) is 16.7 Å². The molecule has 1 saturated heterocycles. The van der Waals surface area contributed by atoms with Crippen molar-refractivity contribution in [3.63, 3.8) is 0 Å². The molecule has 0 bridgehead atoms. The van der Waals surface area contributed by atoms with Crippen molar-refractivity contribution in [1.82, 2.24) is 14.6 Å². The minimum absolute atomic E-state index is 0.00835. The molecule has 1 aliphatic heterocycles. The van der Waals surface area contributed by atoms with E-state index in [-0.39, 0.29) is 29.8 Å². The topological polar surface area (TPSA) is 117 Å². The van der Waals surface area contributed by atoms with Gasteiger partial charge in [0.2, 0.25) is 15.9 Å². The Morgan fingerprint density at radius 1 is 1.50 bits per heavy atom. The van der Waals surface area contributed by atoms with Crippen LogP contribution in [-0.4, -0.2) is 60.1 Å². The van der Waals surface area contributed by atoms with Crippen molar-refractivity contribution < 1.29 is 23.1 Å². The average molecular weight is 375 g/mol. The third-order valence-electron chi connectivity index (χ3n) is 3.92. The molecule has 2 N–H and O–H groups in total. The van der Waals surface area contributed by atoms with Crippen LogP contribution in [0.15, 0.2) is 5.38 Å². The largest absolute Gasteiger partial charge is 0.476 e. The van der Waals surface area contributed by atoms with Crippen LogP contribution in [0.4, 0.5) is 0 Å². The lowest BCUT2D eigenvalue weighted by Crippen LogP contribution is -2.46. The zero-order valence-corrected chi connectivity index (χ0v) is 15.0. The maximum atomic E-state index is 12.2. The normalized spacial score (nSPS) is 19.1. The first kappa shape index (κ1) is 18.8. The second-order valence-corrected chi connectivity index (χ2v) is 8.77.